The Morgan fingerprint density at radius 3 is 2.60 bits per heavy atom. The number of esters is 3. The van der Waals surface area contributed by atoms with Gasteiger partial charge in [-0.2, -0.15) is 0 Å². The fourth-order valence-electron chi connectivity index (χ4n) is 6.25. The lowest BCUT2D eigenvalue weighted by atomic mass is 9.50. The van der Waals surface area contributed by atoms with Crippen molar-refractivity contribution in [3.8, 4) is 11.5 Å². The van der Waals surface area contributed by atoms with Gasteiger partial charge in [0.1, 0.15) is 5.76 Å². The van der Waals surface area contributed by atoms with Crippen LogP contribution in [0.1, 0.15) is 44.7 Å². The number of phenolic OH excluding ortho intramolecular Hbond substituents is 1. The summed E-state index contributed by atoms with van der Waals surface area (Å²) < 4.78 is 21.8. The van der Waals surface area contributed by atoms with E-state index in [9.17, 15) is 24.6 Å². The molecule has 10 heteroatoms. The first-order valence-corrected chi connectivity index (χ1v) is 11.7. The van der Waals surface area contributed by atoms with Gasteiger partial charge < -0.3 is 34.1 Å². The Bertz CT molecular complexity index is 1150. The molecule has 2 aliphatic heterocycles. The lowest BCUT2D eigenvalue weighted by Gasteiger charge is -2.61. The number of likely N-dealkylation sites (tertiary alicyclic amines) is 1. The molecule has 188 valence electrons. The SMILES string of the molecule is CC(=O)O[C@@H](C)C(=O)O[C@@H](C)C(=O)OC1=CC[C@@]2(O)[C@H]3Cc4ccc(O)c5c4C2(CCN3C)[C@H]1O5. The Balaban J connectivity index is 1.43. The number of ether oxygens (including phenoxy) is 4. The summed E-state index contributed by atoms with van der Waals surface area (Å²) in [6.45, 7) is 4.57. The number of aromatic hydroxyl groups is 1. The minimum absolute atomic E-state index is 0.0281. The van der Waals surface area contributed by atoms with Crippen LogP contribution in [0, 0.1) is 0 Å². The van der Waals surface area contributed by atoms with Gasteiger partial charge in [-0.25, -0.2) is 9.59 Å². The predicted molar refractivity (Wildman–Crippen MR) is 119 cm³/mol. The molecule has 1 aromatic rings. The van der Waals surface area contributed by atoms with Crippen molar-refractivity contribution in [2.24, 2.45) is 0 Å². The summed E-state index contributed by atoms with van der Waals surface area (Å²) in [7, 11) is 1.98. The van der Waals surface area contributed by atoms with Crippen LogP contribution < -0.4 is 4.74 Å². The minimum Gasteiger partial charge on any atom is -0.504 e. The summed E-state index contributed by atoms with van der Waals surface area (Å²) in [5, 5.41) is 22.7. The van der Waals surface area contributed by atoms with E-state index in [4.69, 9.17) is 18.9 Å². The number of phenols is 1. The zero-order valence-corrected chi connectivity index (χ0v) is 20.1. The van der Waals surface area contributed by atoms with E-state index >= 15 is 0 Å². The third kappa shape index (κ3) is 3.26. The number of carbonyl (C=O) groups is 3. The molecule has 1 aromatic carbocycles. The smallest absolute Gasteiger partial charge is 0.352 e. The van der Waals surface area contributed by atoms with Crippen LogP contribution in [-0.4, -0.2) is 76.6 Å². The second-order valence-electron chi connectivity index (χ2n) is 9.85. The first-order chi connectivity index (χ1) is 16.5. The van der Waals surface area contributed by atoms with Gasteiger partial charge in [0.05, 0.1) is 11.0 Å². The molecule has 35 heavy (non-hydrogen) atoms. The molecule has 0 saturated carbocycles. The molecule has 2 N–H and O–H groups in total. The van der Waals surface area contributed by atoms with Crippen LogP contribution in [-0.2, 0) is 40.4 Å². The molecule has 2 heterocycles. The van der Waals surface area contributed by atoms with Crippen molar-refractivity contribution < 1.29 is 43.5 Å². The van der Waals surface area contributed by atoms with Crippen molar-refractivity contribution in [2.45, 2.75) is 75.4 Å². The standard InChI is InChI=1S/C25H29NO9/c1-12(32-14(3)27)22(29)33-13(2)23(30)34-17-7-8-25(31)18-11-15-5-6-16(28)20-19(15)24(25,21(17)35-20)9-10-26(18)4/h5-7,12-13,18,21,28,31H,8-11H2,1-4H3/t12-,13-,18+,21-,24?,25+/m0/s1. The Hall–Kier alpha value is -3.11. The van der Waals surface area contributed by atoms with E-state index in [0.717, 1.165) is 11.1 Å². The zero-order chi connectivity index (χ0) is 25.3. The number of benzene rings is 1. The fourth-order valence-corrected chi connectivity index (χ4v) is 6.25. The van der Waals surface area contributed by atoms with Gasteiger partial charge in [-0.3, -0.25) is 4.79 Å². The van der Waals surface area contributed by atoms with Gasteiger partial charge >= 0.3 is 17.9 Å². The van der Waals surface area contributed by atoms with E-state index < -0.39 is 47.2 Å². The van der Waals surface area contributed by atoms with Gasteiger partial charge in [-0.05, 0) is 58.0 Å². The molecular formula is C25H29NO9. The average molecular weight is 488 g/mol. The molecule has 4 aliphatic rings. The molecule has 5 rings (SSSR count). The number of carbonyl (C=O) groups excluding carboxylic acids is 3. The highest BCUT2D eigenvalue weighted by atomic mass is 16.6. The maximum Gasteiger partial charge on any atom is 0.352 e. The van der Waals surface area contributed by atoms with Crippen molar-refractivity contribution in [3.05, 3.63) is 35.1 Å². The number of nitrogens with zero attached hydrogens (tertiary/aromatic N) is 1. The van der Waals surface area contributed by atoms with Gasteiger partial charge in [0.25, 0.3) is 0 Å². The van der Waals surface area contributed by atoms with Crippen LogP contribution in [0.15, 0.2) is 24.0 Å². The number of piperidine rings is 1. The van der Waals surface area contributed by atoms with E-state index in [1.54, 1.807) is 12.1 Å². The summed E-state index contributed by atoms with van der Waals surface area (Å²) in [5.74, 6) is -1.85. The molecule has 6 atom stereocenters. The van der Waals surface area contributed by atoms with Crippen molar-refractivity contribution in [1.29, 1.82) is 0 Å². The fraction of sp³-hybridized carbons (Fsp3) is 0.560. The van der Waals surface area contributed by atoms with Gasteiger partial charge in [0.15, 0.2) is 29.8 Å². The van der Waals surface area contributed by atoms with Crippen LogP contribution >= 0.6 is 0 Å². The highest BCUT2D eigenvalue weighted by Gasteiger charge is 2.72. The third-order valence-electron chi connectivity index (χ3n) is 7.87. The van der Waals surface area contributed by atoms with Crippen LogP contribution in [0.4, 0.5) is 0 Å². The van der Waals surface area contributed by atoms with Gasteiger partial charge in [-0.15, -0.1) is 0 Å². The first kappa shape index (κ1) is 23.6. The molecule has 10 nitrogen and oxygen atoms in total. The van der Waals surface area contributed by atoms with Crippen molar-refractivity contribution >= 4 is 17.9 Å². The zero-order valence-electron chi connectivity index (χ0n) is 20.1. The quantitative estimate of drug-likeness (QED) is 0.460. The second-order valence-corrected chi connectivity index (χ2v) is 9.85. The summed E-state index contributed by atoms with van der Waals surface area (Å²) in [5.41, 5.74) is -0.286. The van der Waals surface area contributed by atoms with E-state index in [1.165, 1.54) is 20.8 Å². The van der Waals surface area contributed by atoms with Crippen LogP contribution in [0.25, 0.3) is 0 Å². The maximum absolute atomic E-state index is 12.9. The Kier molecular flexibility index (Phi) is 5.37. The molecule has 0 aromatic heterocycles. The van der Waals surface area contributed by atoms with E-state index in [2.05, 4.69) is 4.90 Å². The monoisotopic (exact) mass is 487 g/mol. The number of aliphatic hydroxyl groups is 1. The summed E-state index contributed by atoms with van der Waals surface area (Å²) in [6.07, 6.45) is -0.227. The normalized spacial score (nSPS) is 31.9. The Morgan fingerprint density at radius 1 is 1.17 bits per heavy atom. The van der Waals surface area contributed by atoms with E-state index in [1.807, 2.05) is 13.1 Å². The largest absolute Gasteiger partial charge is 0.504 e. The van der Waals surface area contributed by atoms with E-state index in [-0.39, 0.29) is 24.0 Å². The van der Waals surface area contributed by atoms with Gasteiger partial charge in [0.2, 0.25) is 0 Å². The third-order valence-corrected chi connectivity index (χ3v) is 7.87. The van der Waals surface area contributed by atoms with Gasteiger partial charge in [0, 0.05) is 24.9 Å². The summed E-state index contributed by atoms with van der Waals surface area (Å²) in [4.78, 5) is 38.2. The number of likely N-dealkylation sites (N-methyl/N-ethyl adjacent to an activating group) is 1. The average Bonchev–Trinajstić information content (AvgIpc) is 3.15. The van der Waals surface area contributed by atoms with Crippen molar-refractivity contribution in [1.82, 2.24) is 4.90 Å². The molecule has 2 bridgehead atoms. The highest BCUT2D eigenvalue weighted by molar-refractivity contribution is 5.83. The summed E-state index contributed by atoms with van der Waals surface area (Å²) >= 11 is 0. The molecule has 2 aliphatic carbocycles. The van der Waals surface area contributed by atoms with Crippen molar-refractivity contribution in [3.63, 3.8) is 0 Å². The van der Waals surface area contributed by atoms with Crippen LogP contribution in [0.5, 0.6) is 11.5 Å². The Labute approximate surface area is 202 Å². The first-order valence-electron chi connectivity index (χ1n) is 11.7. The molecule has 1 spiro atoms. The highest BCUT2D eigenvalue weighted by Crippen LogP contribution is 2.65. The lowest BCUT2D eigenvalue weighted by Crippen LogP contribution is -2.74. The van der Waals surface area contributed by atoms with Gasteiger partial charge in [-0.1, -0.05) is 6.07 Å². The summed E-state index contributed by atoms with van der Waals surface area (Å²) in [6, 6.07) is 3.29. The number of rotatable bonds is 5. The van der Waals surface area contributed by atoms with Crippen molar-refractivity contribution in [2.75, 3.05) is 13.6 Å². The molecular weight excluding hydrogens is 458 g/mol. The van der Waals surface area contributed by atoms with Crippen LogP contribution in [0.3, 0.4) is 0 Å². The minimum atomic E-state index is -1.27. The Morgan fingerprint density at radius 2 is 1.89 bits per heavy atom. The number of hydrogen-bond acceptors (Lipinski definition) is 10. The van der Waals surface area contributed by atoms with E-state index in [0.29, 0.717) is 25.1 Å². The predicted octanol–water partition coefficient (Wildman–Crippen LogP) is 1.10. The molecule has 1 saturated heterocycles. The maximum atomic E-state index is 12.9. The lowest BCUT2D eigenvalue weighted by molar-refractivity contribution is -0.179. The topological polar surface area (TPSA) is 132 Å². The second kappa shape index (κ2) is 7.96. The molecule has 1 fully saturated rings. The molecule has 0 amide bonds. The molecule has 0 radical (unpaired) electrons. The number of hydrogen-bond donors (Lipinski definition) is 2. The van der Waals surface area contributed by atoms with Crippen LogP contribution in [0.2, 0.25) is 0 Å². The molecule has 1 unspecified atom stereocenters.